The summed E-state index contributed by atoms with van der Waals surface area (Å²) in [4.78, 5) is 26.5. The van der Waals surface area contributed by atoms with Crippen LogP contribution in [0.2, 0.25) is 0 Å². The van der Waals surface area contributed by atoms with Gasteiger partial charge in [-0.2, -0.15) is 0 Å². The standard InChI is InChI=1S/C18H23N5O4S/c1-12-4-6-15(7-5-12)23-14(3)16(20-21-23)17(24)19-13(2)18(25)22-8-10-28(26,27)11-9-22/h4-7,13H,8-11H2,1-3H3,(H,19,24). The Labute approximate surface area is 163 Å². The Bertz CT molecular complexity index is 983. The minimum atomic E-state index is -3.08. The lowest BCUT2D eigenvalue weighted by atomic mass is 10.2. The van der Waals surface area contributed by atoms with Crippen molar-refractivity contribution in [3.05, 3.63) is 41.2 Å². The highest BCUT2D eigenvalue weighted by Crippen LogP contribution is 2.13. The molecular formula is C18H23N5O4S. The molecule has 1 saturated heterocycles. The Kier molecular flexibility index (Phi) is 5.50. The van der Waals surface area contributed by atoms with Crippen LogP contribution >= 0.6 is 0 Å². The number of carbonyl (C=O) groups is 2. The molecule has 2 heterocycles. The second-order valence-electron chi connectivity index (χ2n) is 6.94. The molecule has 0 spiro atoms. The molecule has 150 valence electrons. The van der Waals surface area contributed by atoms with Gasteiger partial charge in [-0.15, -0.1) is 5.10 Å². The van der Waals surface area contributed by atoms with E-state index >= 15 is 0 Å². The molecule has 3 rings (SSSR count). The van der Waals surface area contributed by atoms with E-state index in [-0.39, 0.29) is 36.2 Å². The smallest absolute Gasteiger partial charge is 0.274 e. The average molecular weight is 405 g/mol. The Morgan fingerprint density at radius 3 is 2.32 bits per heavy atom. The molecule has 1 aromatic heterocycles. The van der Waals surface area contributed by atoms with Gasteiger partial charge in [0, 0.05) is 13.1 Å². The number of hydrogen-bond acceptors (Lipinski definition) is 6. The molecule has 2 amide bonds. The third-order valence-corrected chi connectivity index (χ3v) is 6.37. The van der Waals surface area contributed by atoms with Crippen molar-refractivity contribution in [3.63, 3.8) is 0 Å². The molecule has 1 unspecified atom stereocenters. The van der Waals surface area contributed by atoms with Crippen molar-refractivity contribution in [2.24, 2.45) is 0 Å². The molecule has 0 bridgehead atoms. The lowest BCUT2D eigenvalue weighted by Crippen LogP contribution is -2.51. The first-order valence-electron chi connectivity index (χ1n) is 8.97. The first-order valence-corrected chi connectivity index (χ1v) is 10.8. The van der Waals surface area contributed by atoms with E-state index in [1.807, 2.05) is 31.2 Å². The largest absolute Gasteiger partial charge is 0.339 e. The van der Waals surface area contributed by atoms with E-state index in [1.54, 1.807) is 18.5 Å². The number of amides is 2. The number of aromatic nitrogens is 3. The first kappa shape index (κ1) is 20.0. The number of rotatable bonds is 4. The lowest BCUT2D eigenvalue weighted by Gasteiger charge is -2.29. The molecule has 1 aliphatic heterocycles. The van der Waals surface area contributed by atoms with Gasteiger partial charge < -0.3 is 10.2 Å². The molecule has 1 aromatic carbocycles. The van der Waals surface area contributed by atoms with Crippen LogP contribution in [-0.2, 0) is 14.6 Å². The van der Waals surface area contributed by atoms with Crippen molar-refractivity contribution >= 4 is 21.7 Å². The SMILES string of the molecule is Cc1ccc(-n2nnc(C(=O)NC(C)C(=O)N3CCS(=O)(=O)CC3)c2C)cc1. The van der Waals surface area contributed by atoms with E-state index in [1.165, 1.54) is 4.90 Å². The van der Waals surface area contributed by atoms with Gasteiger partial charge in [0.2, 0.25) is 5.91 Å². The fourth-order valence-corrected chi connectivity index (χ4v) is 4.20. The summed E-state index contributed by atoms with van der Waals surface area (Å²) >= 11 is 0. The van der Waals surface area contributed by atoms with Gasteiger partial charge in [0.15, 0.2) is 15.5 Å². The number of carbonyl (C=O) groups excluding carboxylic acids is 2. The summed E-state index contributed by atoms with van der Waals surface area (Å²) < 4.78 is 24.6. The predicted molar refractivity (Wildman–Crippen MR) is 103 cm³/mol. The minimum Gasteiger partial charge on any atom is -0.339 e. The first-order chi connectivity index (χ1) is 13.2. The highest BCUT2D eigenvalue weighted by Gasteiger charge is 2.29. The van der Waals surface area contributed by atoms with Gasteiger partial charge in [-0.1, -0.05) is 22.9 Å². The number of nitrogens with zero attached hydrogens (tertiary/aromatic N) is 4. The van der Waals surface area contributed by atoms with Gasteiger partial charge in [0.05, 0.1) is 22.9 Å². The minimum absolute atomic E-state index is 0.0522. The molecule has 28 heavy (non-hydrogen) atoms. The fraction of sp³-hybridized carbons (Fsp3) is 0.444. The normalized spacial score (nSPS) is 17.2. The van der Waals surface area contributed by atoms with E-state index in [0.717, 1.165) is 11.3 Å². The lowest BCUT2D eigenvalue weighted by molar-refractivity contribution is -0.132. The van der Waals surface area contributed by atoms with Crippen LogP contribution in [0.3, 0.4) is 0 Å². The molecule has 1 fully saturated rings. The summed E-state index contributed by atoms with van der Waals surface area (Å²) in [6.45, 7) is 5.57. The number of benzene rings is 1. The highest BCUT2D eigenvalue weighted by atomic mass is 32.2. The average Bonchev–Trinajstić information content (AvgIpc) is 3.03. The molecular weight excluding hydrogens is 382 g/mol. The maximum Gasteiger partial charge on any atom is 0.274 e. The molecule has 0 aliphatic carbocycles. The van der Waals surface area contributed by atoms with Crippen molar-refractivity contribution in [2.45, 2.75) is 26.8 Å². The van der Waals surface area contributed by atoms with Crippen LogP contribution in [0.25, 0.3) is 5.69 Å². The Morgan fingerprint density at radius 1 is 1.11 bits per heavy atom. The zero-order chi connectivity index (χ0) is 20.5. The Hall–Kier alpha value is -2.75. The number of hydrogen-bond donors (Lipinski definition) is 1. The van der Waals surface area contributed by atoms with Crippen molar-refractivity contribution in [2.75, 3.05) is 24.6 Å². The number of nitrogens with one attached hydrogen (secondary N) is 1. The molecule has 1 N–H and O–H groups in total. The monoisotopic (exact) mass is 405 g/mol. The zero-order valence-corrected chi connectivity index (χ0v) is 16.9. The van der Waals surface area contributed by atoms with E-state index < -0.39 is 21.8 Å². The van der Waals surface area contributed by atoms with E-state index in [9.17, 15) is 18.0 Å². The molecule has 10 heteroatoms. The molecule has 0 radical (unpaired) electrons. The van der Waals surface area contributed by atoms with Gasteiger partial charge in [0.1, 0.15) is 6.04 Å². The van der Waals surface area contributed by atoms with Gasteiger partial charge in [-0.3, -0.25) is 9.59 Å². The number of sulfone groups is 1. The van der Waals surface area contributed by atoms with E-state index in [0.29, 0.717) is 5.69 Å². The summed E-state index contributed by atoms with van der Waals surface area (Å²) in [5.41, 5.74) is 2.59. The molecule has 1 atom stereocenters. The van der Waals surface area contributed by atoms with Crippen LogP contribution < -0.4 is 5.32 Å². The molecule has 0 saturated carbocycles. The van der Waals surface area contributed by atoms with Crippen LogP contribution in [0.5, 0.6) is 0 Å². The topological polar surface area (TPSA) is 114 Å². The van der Waals surface area contributed by atoms with Crippen LogP contribution in [0.15, 0.2) is 24.3 Å². The summed E-state index contributed by atoms with van der Waals surface area (Å²) in [5.74, 6) is -0.916. The second kappa shape index (κ2) is 7.70. The maximum atomic E-state index is 12.6. The van der Waals surface area contributed by atoms with Crippen molar-refractivity contribution in [3.8, 4) is 5.69 Å². The van der Waals surface area contributed by atoms with Crippen molar-refractivity contribution < 1.29 is 18.0 Å². The van der Waals surface area contributed by atoms with Crippen LogP contribution in [0, 0.1) is 13.8 Å². The van der Waals surface area contributed by atoms with E-state index in [4.69, 9.17) is 0 Å². The summed E-state index contributed by atoms with van der Waals surface area (Å²) in [6.07, 6.45) is 0. The van der Waals surface area contributed by atoms with Gasteiger partial charge in [-0.25, -0.2) is 13.1 Å². The fourth-order valence-electron chi connectivity index (χ4n) is 3.00. The summed E-state index contributed by atoms with van der Waals surface area (Å²) in [7, 11) is -3.08. The Morgan fingerprint density at radius 2 is 1.71 bits per heavy atom. The maximum absolute atomic E-state index is 12.6. The summed E-state index contributed by atoms with van der Waals surface area (Å²) in [5, 5.41) is 10.6. The second-order valence-corrected chi connectivity index (χ2v) is 9.25. The van der Waals surface area contributed by atoms with Crippen LogP contribution in [0.1, 0.15) is 28.7 Å². The third-order valence-electron chi connectivity index (χ3n) is 4.76. The highest BCUT2D eigenvalue weighted by molar-refractivity contribution is 7.91. The third kappa shape index (κ3) is 4.22. The quantitative estimate of drug-likeness (QED) is 0.780. The molecule has 9 nitrogen and oxygen atoms in total. The zero-order valence-electron chi connectivity index (χ0n) is 16.0. The summed E-state index contributed by atoms with van der Waals surface area (Å²) in [6, 6.07) is 6.85. The van der Waals surface area contributed by atoms with Crippen LogP contribution in [-0.4, -0.2) is 70.8 Å². The van der Waals surface area contributed by atoms with Gasteiger partial charge in [0.25, 0.3) is 5.91 Å². The van der Waals surface area contributed by atoms with Crippen LogP contribution in [0.4, 0.5) is 0 Å². The molecule has 1 aliphatic rings. The van der Waals surface area contributed by atoms with Crippen molar-refractivity contribution in [1.82, 2.24) is 25.2 Å². The Balaban J connectivity index is 1.68. The number of aryl methyl sites for hydroxylation is 1. The van der Waals surface area contributed by atoms with E-state index in [2.05, 4.69) is 15.6 Å². The van der Waals surface area contributed by atoms with Gasteiger partial charge >= 0.3 is 0 Å². The van der Waals surface area contributed by atoms with Crippen molar-refractivity contribution in [1.29, 1.82) is 0 Å². The van der Waals surface area contributed by atoms with Gasteiger partial charge in [-0.05, 0) is 32.9 Å². The predicted octanol–water partition coefficient (Wildman–Crippen LogP) is 0.259. The molecule has 2 aromatic rings.